The van der Waals surface area contributed by atoms with Crippen LogP contribution >= 0.6 is 0 Å². The highest BCUT2D eigenvalue weighted by Crippen LogP contribution is 2.28. The maximum absolute atomic E-state index is 12.7. The number of aryl methyl sites for hydroxylation is 2. The van der Waals surface area contributed by atoms with Gasteiger partial charge in [-0.05, 0) is 49.9 Å². The van der Waals surface area contributed by atoms with E-state index in [0.29, 0.717) is 17.3 Å². The number of nitrogens with one attached hydrogen (secondary N) is 1. The van der Waals surface area contributed by atoms with Crippen LogP contribution in [0.5, 0.6) is 0 Å². The van der Waals surface area contributed by atoms with Crippen LogP contribution in [0.15, 0.2) is 47.4 Å². The molecule has 1 aliphatic rings. The summed E-state index contributed by atoms with van der Waals surface area (Å²) < 4.78 is 26.2. The maximum atomic E-state index is 12.7. The summed E-state index contributed by atoms with van der Waals surface area (Å²) in [6, 6.07) is 13.8. The molecule has 1 aliphatic carbocycles. The smallest absolute Gasteiger partial charge is 0.242 e. The number of sulfonamides is 1. The minimum Gasteiger partial charge on any atom is -0.325 e. The molecule has 29 heavy (non-hydrogen) atoms. The van der Waals surface area contributed by atoms with Gasteiger partial charge in [0.05, 0.1) is 11.4 Å². The molecule has 156 valence electrons. The van der Waals surface area contributed by atoms with E-state index >= 15 is 0 Å². The quantitative estimate of drug-likeness (QED) is 0.719. The van der Waals surface area contributed by atoms with Crippen molar-refractivity contribution in [1.82, 2.24) is 9.21 Å². The van der Waals surface area contributed by atoms with Crippen LogP contribution in [0, 0.1) is 13.8 Å². The Bertz CT molecular complexity index is 981. The predicted molar refractivity (Wildman–Crippen MR) is 115 cm³/mol. The zero-order chi connectivity index (χ0) is 21.2. The lowest BCUT2D eigenvalue weighted by Crippen LogP contribution is -2.34. The Kier molecular flexibility index (Phi) is 6.41. The molecule has 1 fully saturated rings. The highest BCUT2D eigenvalue weighted by Gasteiger charge is 2.30. The van der Waals surface area contributed by atoms with Gasteiger partial charge in [-0.1, -0.05) is 35.9 Å². The van der Waals surface area contributed by atoms with Crippen LogP contribution in [-0.4, -0.2) is 50.2 Å². The van der Waals surface area contributed by atoms with Crippen molar-refractivity contribution in [1.29, 1.82) is 0 Å². The lowest BCUT2D eigenvalue weighted by molar-refractivity contribution is -0.117. The molecule has 0 heterocycles. The Morgan fingerprint density at radius 2 is 1.72 bits per heavy atom. The van der Waals surface area contributed by atoms with E-state index in [9.17, 15) is 13.2 Å². The third kappa shape index (κ3) is 5.44. The standard InChI is InChI=1S/C22H29N3O3S/c1-16-5-8-18(9-6-16)14-25(20-11-12-20)15-22(26)23-19-10-7-17(2)21(13-19)29(27,28)24(3)4/h5-10,13,20H,11-12,14-15H2,1-4H3,(H,23,26). The average molecular weight is 416 g/mol. The number of anilines is 1. The predicted octanol–water partition coefficient (Wildman–Crippen LogP) is 3.16. The van der Waals surface area contributed by atoms with Crippen molar-refractivity contribution < 1.29 is 13.2 Å². The minimum absolute atomic E-state index is 0.138. The molecule has 1 saturated carbocycles. The first-order valence-electron chi connectivity index (χ1n) is 9.79. The molecular formula is C22H29N3O3S. The molecule has 7 heteroatoms. The zero-order valence-electron chi connectivity index (χ0n) is 17.5. The lowest BCUT2D eigenvalue weighted by Gasteiger charge is -2.22. The number of hydrogen-bond acceptors (Lipinski definition) is 4. The number of nitrogens with zero attached hydrogens (tertiary/aromatic N) is 2. The summed E-state index contributed by atoms with van der Waals surface area (Å²) in [5, 5.41) is 2.87. The van der Waals surface area contributed by atoms with E-state index in [1.165, 1.54) is 35.6 Å². The van der Waals surface area contributed by atoms with E-state index in [-0.39, 0.29) is 17.3 Å². The van der Waals surface area contributed by atoms with Gasteiger partial charge in [-0.15, -0.1) is 0 Å². The van der Waals surface area contributed by atoms with Crippen molar-refractivity contribution in [3.8, 4) is 0 Å². The van der Waals surface area contributed by atoms with Gasteiger partial charge in [-0.2, -0.15) is 0 Å². The first-order valence-corrected chi connectivity index (χ1v) is 11.2. The zero-order valence-corrected chi connectivity index (χ0v) is 18.3. The van der Waals surface area contributed by atoms with E-state index < -0.39 is 10.0 Å². The molecule has 3 rings (SSSR count). The number of amides is 1. The summed E-state index contributed by atoms with van der Waals surface area (Å²) in [5.74, 6) is -0.138. The second kappa shape index (κ2) is 8.65. The Morgan fingerprint density at radius 3 is 2.31 bits per heavy atom. The monoisotopic (exact) mass is 415 g/mol. The number of carbonyl (C=O) groups is 1. The average Bonchev–Trinajstić information content (AvgIpc) is 3.49. The molecule has 0 saturated heterocycles. The molecular weight excluding hydrogens is 386 g/mol. The molecule has 1 N–H and O–H groups in total. The molecule has 0 bridgehead atoms. The number of benzene rings is 2. The Balaban J connectivity index is 1.70. The van der Waals surface area contributed by atoms with Gasteiger partial charge < -0.3 is 5.32 Å². The van der Waals surface area contributed by atoms with Crippen molar-refractivity contribution in [3.05, 3.63) is 59.2 Å². The normalized spacial score (nSPS) is 14.4. The first-order chi connectivity index (χ1) is 13.7. The molecule has 2 aromatic carbocycles. The van der Waals surface area contributed by atoms with Gasteiger partial charge in [-0.25, -0.2) is 12.7 Å². The molecule has 6 nitrogen and oxygen atoms in total. The number of carbonyl (C=O) groups excluding carboxylic acids is 1. The van der Waals surface area contributed by atoms with Crippen LogP contribution in [-0.2, 0) is 21.4 Å². The maximum Gasteiger partial charge on any atom is 0.242 e. The second-order valence-electron chi connectivity index (χ2n) is 7.94. The largest absolute Gasteiger partial charge is 0.325 e. The molecule has 0 atom stereocenters. The van der Waals surface area contributed by atoms with Gasteiger partial charge in [0.15, 0.2) is 0 Å². The summed E-state index contributed by atoms with van der Waals surface area (Å²) in [6.07, 6.45) is 2.21. The summed E-state index contributed by atoms with van der Waals surface area (Å²) in [5.41, 5.74) is 3.54. The fourth-order valence-electron chi connectivity index (χ4n) is 3.22. The van der Waals surface area contributed by atoms with Crippen molar-refractivity contribution in [2.24, 2.45) is 0 Å². The summed E-state index contributed by atoms with van der Waals surface area (Å²) >= 11 is 0. The van der Waals surface area contributed by atoms with Crippen molar-refractivity contribution in [3.63, 3.8) is 0 Å². The van der Waals surface area contributed by atoms with Gasteiger partial charge in [0, 0.05) is 32.4 Å². The summed E-state index contributed by atoms with van der Waals surface area (Å²) in [7, 11) is -0.568. The molecule has 0 aromatic heterocycles. The van der Waals surface area contributed by atoms with Gasteiger partial charge in [0.25, 0.3) is 0 Å². The third-order valence-electron chi connectivity index (χ3n) is 5.15. The van der Waals surface area contributed by atoms with Crippen molar-refractivity contribution in [2.75, 3.05) is 26.0 Å². The lowest BCUT2D eigenvalue weighted by atomic mass is 10.1. The van der Waals surface area contributed by atoms with Crippen molar-refractivity contribution in [2.45, 2.75) is 44.2 Å². The molecule has 0 spiro atoms. The van der Waals surface area contributed by atoms with Crippen LogP contribution in [0.2, 0.25) is 0 Å². The van der Waals surface area contributed by atoms with Crippen LogP contribution in [0.4, 0.5) is 5.69 Å². The molecule has 0 unspecified atom stereocenters. The molecule has 0 aliphatic heterocycles. The summed E-state index contributed by atoms with van der Waals surface area (Å²) in [4.78, 5) is 15.1. The van der Waals surface area contributed by atoms with E-state index in [1.807, 2.05) is 0 Å². The Labute approximate surface area is 173 Å². The molecule has 0 radical (unpaired) electrons. The Hall–Kier alpha value is -2.22. The highest BCUT2D eigenvalue weighted by molar-refractivity contribution is 7.89. The molecule has 2 aromatic rings. The SMILES string of the molecule is Cc1ccc(CN(CC(=O)Nc2ccc(C)c(S(=O)(=O)N(C)C)c2)C2CC2)cc1. The van der Waals surface area contributed by atoms with Gasteiger partial charge in [0.2, 0.25) is 15.9 Å². The van der Waals surface area contributed by atoms with Crippen LogP contribution in [0.3, 0.4) is 0 Å². The topological polar surface area (TPSA) is 69.7 Å². The van der Waals surface area contributed by atoms with Gasteiger partial charge in [-0.3, -0.25) is 9.69 Å². The second-order valence-corrected chi connectivity index (χ2v) is 10.1. The minimum atomic E-state index is -3.56. The van der Waals surface area contributed by atoms with E-state index in [0.717, 1.165) is 19.4 Å². The van der Waals surface area contributed by atoms with E-state index in [4.69, 9.17) is 0 Å². The van der Waals surface area contributed by atoms with Crippen LogP contribution in [0.25, 0.3) is 0 Å². The van der Waals surface area contributed by atoms with Crippen LogP contribution < -0.4 is 5.32 Å². The number of rotatable bonds is 8. The number of hydrogen-bond donors (Lipinski definition) is 1. The van der Waals surface area contributed by atoms with E-state index in [2.05, 4.69) is 41.4 Å². The first kappa shape index (κ1) is 21.5. The Morgan fingerprint density at radius 1 is 1.07 bits per heavy atom. The fourth-order valence-corrected chi connectivity index (χ4v) is 4.36. The van der Waals surface area contributed by atoms with Gasteiger partial charge in [0.1, 0.15) is 0 Å². The van der Waals surface area contributed by atoms with E-state index in [1.54, 1.807) is 19.1 Å². The van der Waals surface area contributed by atoms with Crippen LogP contribution in [0.1, 0.15) is 29.5 Å². The third-order valence-corrected chi connectivity index (χ3v) is 7.10. The van der Waals surface area contributed by atoms with Crippen molar-refractivity contribution >= 4 is 21.6 Å². The molecule has 1 amide bonds. The fraction of sp³-hybridized carbons (Fsp3) is 0.409. The highest BCUT2D eigenvalue weighted by atomic mass is 32.2. The summed E-state index contributed by atoms with van der Waals surface area (Å²) in [6.45, 7) is 4.81. The van der Waals surface area contributed by atoms with Gasteiger partial charge >= 0.3 is 0 Å².